The van der Waals surface area contributed by atoms with E-state index in [9.17, 15) is 4.79 Å². The maximum Gasteiger partial charge on any atom is 0.307 e. The summed E-state index contributed by atoms with van der Waals surface area (Å²) in [7, 11) is 0. The van der Waals surface area contributed by atoms with Gasteiger partial charge in [-0.1, -0.05) is 6.42 Å². The van der Waals surface area contributed by atoms with Crippen LogP contribution in [0.1, 0.15) is 39.5 Å². The molecule has 0 aromatic heterocycles. The fourth-order valence-corrected chi connectivity index (χ4v) is 3.50. The van der Waals surface area contributed by atoms with Gasteiger partial charge in [0, 0.05) is 25.2 Å². The maximum atomic E-state index is 11.5. The molecular weight excluding hydrogens is 228 g/mol. The lowest BCUT2D eigenvalue weighted by atomic mass is 9.78. The first kappa shape index (κ1) is 13.8. The number of hydrogen-bond donors (Lipinski definition) is 1. The Balaban J connectivity index is 1.85. The van der Waals surface area contributed by atoms with Crippen LogP contribution in [0.25, 0.3) is 0 Å². The number of nitrogens with zero attached hydrogens (tertiary/aromatic N) is 1. The minimum Gasteiger partial charge on any atom is -0.466 e. The highest BCUT2D eigenvalue weighted by atomic mass is 16.5. The van der Waals surface area contributed by atoms with Gasteiger partial charge in [0.2, 0.25) is 0 Å². The summed E-state index contributed by atoms with van der Waals surface area (Å²) in [6, 6.07) is 0.644. The van der Waals surface area contributed by atoms with Crippen molar-refractivity contribution in [1.82, 2.24) is 4.90 Å². The van der Waals surface area contributed by atoms with Gasteiger partial charge in [-0.3, -0.25) is 9.69 Å². The van der Waals surface area contributed by atoms with Crippen molar-refractivity contribution in [1.29, 1.82) is 0 Å². The van der Waals surface area contributed by atoms with E-state index in [1.54, 1.807) is 0 Å². The molecule has 18 heavy (non-hydrogen) atoms. The average Bonchev–Trinajstić information content (AvgIpc) is 2.74. The second-order valence-corrected chi connectivity index (χ2v) is 5.83. The lowest BCUT2D eigenvalue weighted by Crippen LogP contribution is -2.39. The van der Waals surface area contributed by atoms with E-state index in [0.717, 1.165) is 19.0 Å². The Hall–Kier alpha value is -0.610. The van der Waals surface area contributed by atoms with Gasteiger partial charge < -0.3 is 10.5 Å². The average molecular weight is 254 g/mol. The van der Waals surface area contributed by atoms with Crippen LogP contribution in [0.3, 0.4) is 0 Å². The minimum absolute atomic E-state index is 0.0795. The van der Waals surface area contributed by atoms with E-state index >= 15 is 0 Å². The molecule has 2 rings (SSSR count). The summed E-state index contributed by atoms with van der Waals surface area (Å²) in [6.45, 7) is 6.62. The normalized spacial score (nSPS) is 34.1. The molecule has 0 bridgehead atoms. The van der Waals surface area contributed by atoms with Gasteiger partial charge >= 0.3 is 5.97 Å². The zero-order valence-electron chi connectivity index (χ0n) is 11.6. The molecule has 4 nitrogen and oxygen atoms in total. The number of rotatable bonds is 4. The third-order valence-corrected chi connectivity index (χ3v) is 4.57. The van der Waals surface area contributed by atoms with Crippen LogP contribution in [0.4, 0.5) is 0 Å². The highest BCUT2D eigenvalue weighted by Gasteiger charge is 2.40. The molecule has 4 unspecified atom stereocenters. The van der Waals surface area contributed by atoms with Crippen LogP contribution in [0.2, 0.25) is 0 Å². The highest BCUT2D eigenvalue weighted by molar-refractivity contribution is 5.70. The predicted octanol–water partition coefficient (Wildman–Crippen LogP) is 1.39. The summed E-state index contributed by atoms with van der Waals surface area (Å²) in [5, 5.41) is 0. The van der Waals surface area contributed by atoms with Gasteiger partial charge in [0.15, 0.2) is 0 Å². The van der Waals surface area contributed by atoms with E-state index < -0.39 is 0 Å². The van der Waals surface area contributed by atoms with Crippen molar-refractivity contribution in [3.8, 4) is 0 Å². The van der Waals surface area contributed by atoms with Gasteiger partial charge in [0.1, 0.15) is 0 Å². The van der Waals surface area contributed by atoms with Gasteiger partial charge in [-0.05, 0) is 38.5 Å². The smallest absolute Gasteiger partial charge is 0.307 e. The van der Waals surface area contributed by atoms with E-state index in [0.29, 0.717) is 25.0 Å². The molecule has 0 radical (unpaired) electrons. The van der Waals surface area contributed by atoms with Crippen LogP contribution < -0.4 is 5.73 Å². The minimum atomic E-state index is -0.0795. The maximum absolute atomic E-state index is 11.5. The number of esters is 1. The lowest BCUT2D eigenvalue weighted by molar-refractivity contribution is -0.144. The molecule has 104 valence electrons. The fraction of sp³-hybridized carbons (Fsp3) is 0.929. The first-order valence-corrected chi connectivity index (χ1v) is 7.27. The van der Waals surface area contributed by atoms with Crippen molar-refractivity contribution in [2.24, 2.45) is 17.6 Å². The molecule has 1 saturated heterocycles. The number of nitrogens with two attached hydrogens (primary N) is 1. The number of fused-ring (bicyclic) bond motifs is 1. The number of carbonyl (C=O) groups excluding carboxylic acids is 1. The van der Waals surface area contributed by atoms with E-state index in [1.165, 1.54) is 19.3 Å². The molecule has 1 saturated carbocycles. The predicted molar refractivity (Wildman–Crippen MR) is 71.1 cm³/mol. The molecule has 4 atom stereocenters. The second kappa shape index (κ2) is 6.02. The quantitative estimate of drug-likeness (QED) is 0.770. The van der Waals surface area contributed by atoms with Crippen molar-refractivity contribution in [2.75, 3.05) is 19.7 Å². The summed E-state index contributed by atoms with van der Waals surface area (Å²) in [5.41, 5.74) is 6.21. The number of likely N-dealkylation sites (tertiary alicyclic amines) is 1. The molecular formula is C14H26N2O2. The largest absolute Gasteiger partial charge is 0.466 e. The third kappa shape index (κ3) is 3.04. The molecule has 4 heteroatoms. The lowest BCUT2D eigenvalue weighted by Gasteiger charge is -2.30. The number of carbonyl (C=O) groups is 1. The Morgan fingerprint density at radius 2 is 2.22 bits per heavy atom. The zero-order valence-corrected chi connectivity index (χ0v) is 11.6. The zero-order chi connectivity index (χ0) is 13.1. The fourth-order valence-electron chi connectivity index (χ4n) is 3.50. The first-order valence-electron chi connectivity index (χ1n) is 7.27. The molecule has 0 aromatic carbocycles. The monoisotopic (exact) mass is 254 g/mol. The third-order valence-electron chi connectivity index (χ3n) is 4.57. The van der Waals surface area contributed by atoms with Gasteiger partial charge in [0.05, 0.1) is 13.0 Å². The molecule has 2 aliphatic rings. The number of ether oxygens (including phenoxy) is 1. The van der Waals surface area contributed by atoms with E-state index in [2.05, 4.69) is 11.8 Å². The van der Waals surface area contributed by atoms with E-state index in [1.807, 2.05) is 6.92 Å². The summed E-state index contributed by atoms with van der Waals surface area (Å²) in [5.74, 6) is 1.31. The molecule has 1 heterocycles. The summed E-state index contributed by atoms with van der Waals surface area (Å²) in [4.78, 5) is 13.9. The first-order chi connectivity index (χ1) is 8.61. The van der Waals surface area contributed by atoms with Gasteiger partial charge in [-0.2, -0.15) is 0 Å². The van der Waals surface area contributed by atoms with Crippen LogP contribution in [0, 0.1) is 11.8 Å². The molecule has 0 amide bonds. The van der Waals surface area contributed by atoms with Gasteiger partial charge in [-0.15, -0.1) is 0 Å². The SMILES string of the molecule is CCOC(=O)CC(C)N1CC2CCCC(N)C2C1. The van der Waals surface area contributed by atoms with Gasteiger partial charge in [-0.25, -0.2) is 0 Å². The van der Waals surface area contributed by atoms with Crippen LogP contribution in [-0.2, 0) is 9.53 Å². The number of hydrogen-bond acceptors (Lipinski definition) is 4. The second-order valence-electron chi connectivity index (χ2n) is 5.83. The van der Waals surface area contributed by atoms with Gasteiger partial charge in [0.25, 0.3) is 0 Å². The standard InChI is InChI=1S/C14H26N2O2/c1-3-18-14(17)7-10(2)16-8-11-5-4-6-13(15)12(11)9-16/h10-13H,3-9,15H2,1-2H3. The molecule has 1 aliphatic heterocycles. The molecule has 2 fully saturated rings. The Morgan fingerprint density at radius 3 is 2.89 bits per heavy atom. The summed E-state index contributed by atoms with van der Waals surface area (Å²) >= 11 is 0. The van der Waals surface area contributed by atoms with Crippen molar-refractivity contribution < 1.29 is 9.53 Å². The van der Waals surface area contributed by atoms with Crippen LogP contribution in [0.5, 0.6) is 0 Å². The Morgan fingerprint density at radius 1 is 1.44 bits per heavy atom. The summed E-state index contributed by atoms with van der Waals surface area (Å²) in [6.07, 6.45) is 4.24. The Bertz CT molecular complexity index is 296. The Labute approximate surface area is 110 Å². The van der Waals surface area contributed by atoms with Crippen molar-refractivity contribution in [2.45, 2.75) is 51.6 Å². The Kier molecular flexibility index (Phi) is 4.62. The van der Waals surface area contributed by atoms with E-state index in [-0.39, 0.29) is 12.0 Å². The van der Waals surface area contributed by atoms with Crippen LogP contribution in [0.15, 0.2) is 0 Å². The van der Waals surface area contributed by atoms with Crippen molar-refractivity contribution >= 4 is 5.97 Å². The van der Waals surface area contributed by atoms with Crippen LogP contribution >= 0.6 is 0 Å². The molecule has 0 aromatic rings. The molecule has 1 aliphatic carbocycles. The highest BCUT2D eigenvalue weighted by Crippen LogP contribution is 2.36. The molecule has 0 spiro atoms. The van der Waals surface area contributed by atoms with Crippen molar-refractivity contribution in [3.05, 3.63) is 0 Å². The topological polar surface area (TPSA) is 55.6 Å². The van der Waals surface area contributed by atoms with Crippen molar-refractivity contribution in [3.63, 3.8) is 0 Å². The van der Waals surface area contributed by atoms with E-state index in [4.69, 9.17) is 10.5 Å². The van der Waals surface area contributed by atoms with Crippen LogP contribution in [-0.4, -0.2) is 42.6 Å². The molecule has 2 N–H and O–H groups in total. The summed E-state index contributed by atoms with van der Waals surface area (Å²) < 4.78 is 5.02.